The summed E-state index contributed by atoms with van der Waals surface area (Å²) in [5.41, 5.74) is 1.34. The Morgan fingerprint density at radius 2 is 1.54 bits per heavy atom. The Kier molecular flexibility index (Phi) is 20.1. The SMILES string of the molecule is CC1=CC[C-]=C1.C[Si](C)[Si](C)C.[Cl-].[Cl-].[Zr+4].c1ccc2[cH-]ccc2c1. The molecule has 128 valence electrons. The van der Waals surface area contributed by atoms with Crippen LogP contribution in [0.1, 0.15) is 13.3 Å². The number of fused-ring (bicyclic) bond motifs is 1. The number of allylic oxidation sites excluding steroid dienone is 4. The van der Waals surface area contributed by atoms with Crippen molar-refractivity contribution in [2.24, 2.45) is 0 Å². The van der Waals surface area contributed by atoms with Crippen molar-refractivity contribution in [3.05, 3.63) is 66.3 Å². The number of halogens is 2. The summed E-state index contributed by atoms with van der Waals surface area (Å²) in [5, 5.41) is 2.66. The van der Waals surface area contributed by atoms with Crippen molar-refractivity contribution in [1.82, 2.24) is 0 Å². The van der Waals surface area contributed by atoms with Crippen LogP contribution in [0, 0.1) is 6.08 Å². The van der Waals surface area contributed by atoms with Crippen molar-refractivity contribution in [1.29, 1.82) is 0 Å². The van der Waals surface area contributed by atoms with Gasteiger partial charge in [-0.15, -0.1) is 43.0 Å². The summed E-state index contributed by atoms with van der Waals surface area (Å²) in [4.78, 5) is 0. The van der Waals surface area contributed by atoms with Gasteiger partial charge in [0.15, 0.2) is 0 Å². The summed E-state index contributed by atoms with van der Waals surface area (Å²) in [7, 11) is 0.300. The molecule has 0 saturated carbocycles. The van der Waals surface area contributed by atoms with Crippen molar-refractivity contribution in [2.75, 3.05) is 0 Å². The van der Waals surface area contributed by atoms with Gasteiger partial charge >= 0.3 is 26.2 Å². The fourth-order valence-electron chi connectivity index (χ4n) is 1.57. The summed E-state index contributed by atoms with van der Waals surface area (Å²) in [5.74, 6) is 0. The van der Waals surface area contributed by atoms with Crippen molar-refractivity contribution >= 4 is 27.4 Å². The minimum Gasteiger partial charge on any atom is -1.00 e. The molecule has 1 aliphatic rings. The molecule has 0 bridgehead atoms. The summed E-state index contributed by atoms with van der Waals surface area (Å²) >= 11 is 0. The summed E-state index contributed by atoms with van der Waals surface area (Å²) in [6.45, 7) is 11.6. The molecule has 0 fully saturated rings. The van der Waals surface area contributed by atoms with E-state index in [0.717, 1.165) is 6.42 Å². The van der Waals surface area contributed by atoms with Crippen LogP contribution in [0.4, 0.5) is 0 Å². The van der Waals surface area contributed by atoms with Crippen LogP contribution < -0.4 is 24.8 Å². The zero-order valence-corrected chi connectivity index (χ0v) is 21.1. The van der Waals surface area contributed by atoms with E-state index in [1.54, 1.807) is 0 Å². The van der Waals surface area contributed by atoms with Gasteiger partial charge in [-0.3, -0.25) is 6.08 Å². The van der Waals surface area contributed by atoms with Gasteiger partial charge in [-0.05, 0) is 0 Å². The molecule has 0 amide bonds. The molecule has 0 heterocycles. The third kappa shape index (κ3) is 12.6. The van der Waals surface area contributed by atoms with Crippen LogP contribution in [0.25, 0.3) is 10.8 Å². The molecule has 0 aliphatic heterocycles. The normalized spacial score (nSPS) is 11.2. The van der Waals surface area contributed by atoms with Crippen LogP contribution in [-0.2, 0) is 26.2 Å². The second kappa shape index (κ2) is 16.7. The second-order valence-electron chi connectivity index (χ2n) is 5.66. The molecule has 0 nitrogen and oxygen atoms in total. The molecule has 0 aromatic heterocycles. The van der Waals surface area contributed by atoms with Crippen LogP contribution in [-0.4, -0.2) is 16.6 Å². The molecular formula is C19H26Cl2Si2Zr. The van der Waals surface area contributed by atoms with Crippen molar-refractivity contribution < 1.29 is 51.0 Å². The Morgan fingerprint density at radius 3 is 1.92 bits per heavy atom. The first kappa shape index (κ1) is 29.0. The average molecular weight is 473 g/mol. The summed E-state index contributed by atoms with van der Waals surface area (Å²) in [6, 6.07) is 14.7. The molecule has 0 unspecified atom stereocenters. The van der Waals surface area contributed by atoms with Crippen LogP contribution >= 0.6 is 0 Å². The fraction of sp³-hybridized carbons (Fsp3) is 0.316. The molecule has 3 rings (SSSR count). The quantitative estimate of drug-likeness (QED) is 0.400. The van der Waals surface area contributed by atoms with Crippen LogP contribution in [0.15, 0.2) is 60.2 Å². The Morgan fingerprint density at radius 1 is 0.958 bits per heavy atom. The minimum absolute atomic E-state index is 0. The van der Waals surface area contributed by atoms with Crippen molar-refractivity contribution in [3.8, 4) is 0 Å². The van der Waals surface area contributed by atoms with E-state index in [1.165, 1.54) is 16.3 Å². The van der Waals surface area contributed by atoms with Gasteiger partial charge in [0.25, 0.3) is 0 Å². The van der Waals surface area contributed by atoms with Crippen molar-refractivity contribution in [3.63, 3.8) is 0 Å². The maximum Gasteiger partial charge on any atom is 4.00 e. The van der Waals surface area contributed by atoms with E-state index < -0.39 is 0 Å². The van der Waals surface area contributed by atoms with E-state index in [9.17, 15) is 0 Å². The maximum atomic E-state index is 3.05. The predicted molar refractivity (Wildman–Crippen MR) is 101 cm³/mol. The number of hydrogen-bond acceptors (Lipinski definition) is 0. The first-order valence-electron chi connectivity index (χ1n) is 7.45. The van der Waals surface area contributed by atoms with E-state index in [1.807, 2.05) is 6.08 Å². The zero-order valence-electron chi connectivity index (χ0n) is 15.2. The molecule has 2 aromatic carbocycles. The third-order valence-corrected chi connectivity index (χ3v) is 11.4. The Balaban J connectivity index is -0.000000268. The van der Waals surface area contributed by atoms with Crippen molar-refractivity contribution in [2.45, 2.75) is 39.5 Å². The molecule has 0 atom stereocenters. The molecule has 2 radical (unpaired) electrons. The maximum absolute atomic E-state index is 3.05. The van der Waals surface area contributed by atoms with Gasteiger partial charge in [0.1, 0.15) is 0 Å². The van der Waals surface area contributed by atoms with Gasteiger partial charge in [-0.25, -0.2) is 11.6 Å². The Bertz CT molecular complexity index is 551. The molecule has 0 saturated heterocycles. The van der Waals surface area contributed by atoms with Gasteiger partial charge < -0.3 is 24.8 Å². The first-order chi connectivity index (χ1) is 10.0. The molecule has 24 heavy (non-hydrogen) atoms. The zero-order chi connectivity index (χ0) is 15.7. The molecule has 0 N–H and O–H groups in total. The monoisotopic (exact) mass is 470 g/mol. The predicted octanol–water partition coefficient (Wildman–Crippen LogP) is -0.166. The molecular weight excluding hydrogens is 447 g/mol. The number of hydrogen-bond donors (Lipinski definition) is 0. The van der Waals surface area contributed by atoms with Gasteiger partial charge in [-0.2, -0.15) is 23.6 Å². The summed E-state index contributed by atoms with van der Waals surface area (Å²) in [6.07, 6.45) is 8.24. The van der Waals surface area contributed by atoms with Gasteiger partial charge in [0.2, 0.25) is 0 Å². The second-order valence-corrected chi connectivity index (χ2v) is 15.7. The first-order valence-corrected chi connectivity index (χ1v) is 13.4. The number of benzene rings is 1. The smallest absolute Gasteiger partial charge is 1.00 e. The molecule has 2 aromatic rings. The van der Waals surface area contributed by atoms with E-state index in [0.29, 0.717) is 0 Å². The molecule has 5 heteroatoms. The van der Waals surface area contributed by atoms with E-state index in [4.69, 9.17) is 0 Å². The van der Waals surface area contributed by atoms with Crippen LogP contribution in [0.3, 0.4) is 0 Å². The number of rotatable bonds is 1. The average Bonchev–Trinajstić information content (AvgIpc) is 3.10. The fourth-order valence-corrected chi connectivity index (χ4v) is 1.57. The third-order valence-electron chi connectivity index (χ3n) is 3.42. The Labute approximate surface area is 183 Å². The van der Waals surface area contributed by atoms with Gasteiger partial charge in [0.05, 0.1) is 0 Å². The summed E-state index contributed by atoms with van der Waals surface area (Å²) < 4.78 is 0. The van der Waals surface area contributed by atoms with E-state index >= 15 is 0 Å². The molecule has 1 aliphatic carbocycles. The topological polar surface area (TPSA) is 0 Å². The molecule has 0 spiro atoms. The van der Waals surface area contributed by atoms with E-state index in [2.05, 4.69) is 87.7 Å². The van der Waals surface area contributed by atoms with Crippen LogP contribution in [0.5, 0.6) is 0 Å². The van der Waals surface area contributed by atoms with E-state index in [-0.39, 0.29) is 67.6 Å². The minimum atomic E-state index is 0. The van der Waals surface area contributed by atoms with Crippen LogP contribution in [0.2, 0.25) is 26.2 Å². The Hall–Kier alpha value is 0.207. The standard InChI is InChI=1S/C9H7.C6H7.C4H12Si2.2ClH.Zr/c1-2-5-9-7-3-6-8(9)4-1;1-6-4-2-3-5-6;1-5(2)6(3)4;;;/h1-7H;4-5H,2H2,1H3;1-4H3;2*1H;/q2*-1;;;;+4/p-2. The van der Waals surface area contributed by atoms with Gasteiger partial charge in [0, 0.05) is 16.6 Å². The largest absolute Gasteiger partial charge is 4.00 e. The van der Waals surface area contributed by atoms with Gasteiger partial charge in [-0.1, -0.05) is 32.3 Å².